The van der Waals surface area contributed by atoms with Gasteiger partial charge in [-0.3, -0.25) is 14.2 Å². The standard InChI is InChI=1S/C17H17FN4O3/c1-3-21-9-13(7-19)16(24)22(17(21)25)10-15(23)20-8-12-5-4-11(2)14(18)6-12/h4-6,9H,3,8,10H2,1-2H3,(H,20,23). The molecule has 25 heavy (non-hydrogen) atoms. The zero-order valence-corrected chi connectivity index (χ0v) is 13.9. The van der Waals surface area contributed by atoms with Crippen molar-refractivity contribution in [2.24, 2.45) is 0 Å². The molecule has 1 N–H and O–H groups in total. The summed E-state index contributed by atoms with van der Waals surface area (Å²) in [6.07, 6.45) is 1.17. The molecule has 0 fully saturated rings. The first-order valence-corrected chi connectivity index (χ1v) is 7.63. The van der Waals surface area contributed by atoms with Gasteiger partial charge in [-0.1, -0.05) is 12.1 Å². The predicted molar refractivity (Wildman–Crippen MR) is 88.3 cm³/mol. The van der Waals surface area contributed by atoms with E-state index in [2.05, 4.69) is 5.32 Å². The number of rotatable bonds is 5. The average molecular weight is 344 g/mol. The van der Waals surface area contributed by atoms with Crippen LogP contribution in [0.2, 0.25) is 0 Å². The zero-order valence-electron chi connectivity index (χ0n) is 13.9. The maximum atomic E-state index is 13.5. The van der Waals surface area contributed by atoms with E-state index in [1.165, 1.54) is 16.8 Å². The Morgan fingerprint density at radius 3 is 2.68 bits per heavy atom. The minimum absolute atomic E-state index is 0.0602. The Labute approximate surface area is 142 Å². The van der Waals surface area contributed by atoms with E-state index in [1.54, 1.807) is 32.0 Å². The van der Waals surface area contributed by atoms with Crippen molar-refractivity contribution in [1.29, 1.82) is 5.26 Å². The molecule has 1 heterocycles. The molecule has 0 aliphatic heterocycles. The van der Waals surface area contributed by atoms with Crippen LogP contribution in [-0.2, 0) is 24.4 Å². The molecule has 1 aromatic carbocycles. The van der Waals surface area contributed by atoms with Crippen LogP contribution in [0.15, 0.2) is 34.0 Å². The van der Waals surface area contributed by atoms with Gasteiger partial charge in [-0.2, -0.15) is 5.26 Å². The van der Waals surface area contributed by atoms with Crippen molar-refractivity contribution in [1.82, 2.24) is 14.5 Å². The van der Waals surface area contributed by atoms with Crippen molar-refractivity contribution < 1.29 is 9.18 Å². The van der Waals surface area contributed by atoms with E-state index < -0.39 is 23.7 Å². The third kappa shape index (κ3) is 4.01. The van der Waals surface area contributed by atoms with E-state index in [0.29, 0.717) is 15.7 Å². The van der Waals surface area contributed by atoms with E-state index in [0.717, 1.165) is 0 Å². The van der Waals surface area contributed by atoms with Gasteiger partial charge in [-0.15, -0.1) is 0 Å². The molecule has 0 unspecified atom stereocenters. The molecule has 7 nitrogen and oxygen atoms in total. The number of benzene rings is 1. The number of nitrogens with zero attached hydrogens (tertiary/aromatic N) is 3. The van der Waals surface area contributed by atoms with E-state index >= 15 is 0 Å². The highest BCUT2D eigenvalue weighted by Gasteiger charge is 2.13. The molecule has 1 aromatic heterocycles. The van der Waals surface area contributed by atoms with Crippen LogP contribution in [0, 0.1) is 24.1 Å². The molecule has 130 valence electrons. The normalized spacial score (nSPS) is 10.3. The maximum Gasteiger partial charge on any atom is 0.331 e. The van der Waals surface area contributed by atoms with Gasteiger partial charge < -0.3 is 5.32 Å². The molecule has 0 atom stereocenters. The minimum atomic E-state index is -0.811. The molecule has 0 aliphatic carbocycles. The molecule has 0 radical (unpaired) electrons. The van der Waals surface area contributed by atoms with Crippen LogP contribution in [0.1, 0.15) is 23.6 Å². The Morgan fingerprint density at radius 1 is 1.36 bits per heavy atom. The summed E-state index contributed by atoms with van der Waals surface area (Å²) in [5.41, 5.74) is -0.637. The van der Waals surface area contributed by atoms with Gasteiger partial charge in [0.2, 0.25) is 5.91 Å². The van der Waals surface area contributed by atoms with Gasteiger partial charge in [-0.25, -0.2) is 13.8 Å². The Morgan fingerprint density at radius 2 is 2.08 bits per heavy atom. The number of hydrogen-bond acceptors (Lipinski definition) is 4. The minimum Gasteiger partial charge on any atom is -0.350 e. The smallest absolute Gasteiger partial charge is 0.331 e. The fourth-order valence-electron chi connectivity index (χ4n) is 2.24. The molecule has 2 aromatic rings. The first kappa shape index (κ1) is 18.1. The van der Waals surface area contributed by atoms with E-state index in [1.807, 2.05) is 0 Å². The van der Waals surface area contributed by atoms with Crippen LogP contribution in [0.4, 0.5) is 4.39 Å². The summed E-state index contributed by atoms with van der Waals surface area (Å²) in [5.74, 6) is -0.964. The van der Waals surface area contributed by atoms with Crippen molar-refractivity contribution >= 4 is 5.91 Å². The predicted octanol–water partition coefficient (Wildman–Crippen LogP) is 0.665. The van der Waals surface area contributed by atoms with E-state index in [-0.39, 0.29) is 24.5 Å². The molecular weight excluding hydrogens is 327 g/mol. The Kier molecular flexibility index (Phi) is 5.49. The van der Waals surface area contributed by atoms with Gasteiger partial charge in [0.25, 0.3) is 5.56 Å². The number of carbonyl (C=O) groups excluding carboxylic acids is 1. The largest absolute Gasteiger partial charge is 0.350 e. The first-order valence-electron chi connectivity index (χ1n) is 7.63. The number of aryl methyl sites for hydroxylation is 2. The Balaban J connectivity index is 2.18. The number of amides is 1. The molecule has 0 spiro atoms. The first-order chi connectivity index (χ1) is 11.9. The van der Waals surface area contributed by atoms with Crippen LogP contribution >= 0.6 is 0 Å². The van der Waals surface area contributed by atoms with Gasteiger partial charge >= 0.3 is 5.69 Å². The van der Waals surface area contributed by atoms with Gasteiger partial charge in [0.1, 0.15) is 24.0 Å². The summed E-state index contributed by atoms with van der Waals surface area (Å²) in [6.45, 7) is 3.12. The number of carbonyl (C=O) groups is 1. The molecular formula is C17H17FN4O3. The lowest BCUT2D eigenvalue weighted by atomic mass is 10.1. The van der Waals surface area contributed by atoms with Crippen LogP contribution in [0.5, 0.6) is 0 Å². The van der Waals surface area contributed by atoms with Gasteiger partial charge in [0.15, 0.2) is 0 Å². The van der Waals surface area contributed by atoms with Gasteiger partial charge in [0.05, 0.1) is 0 Å². The van der Waals surface area contributed by atoms with Crippen LogP contribution in [-0.4, -0.2) is 15.0 Å². The zero-order chi connectivity index (χ0) is 18.6. The molecule has 0 saturated carbocycles. The number of hydrogen-bond donors (Lipinski definition) is 1. The number of halogens is 1. The van der Waals surface area contributed by atoms with E-state index in [9.17, 15) is 18.8 Å². The topological polar surface area (TPSA) is 96.9 Å². The second-order valence-corrected chi connectivity index (χ2v) is 5.47. The monoisotopic (exact) mass is 344 g/mol. The van der Waals surface area contributed by atoms with Crippen molar-refractivity contribution in [3.63, 3.8) is 0 Å². The van der Waals surface area contributed by atoms with Crippen molar-refractivity contribution in [3.05, 3.63) is 67.7 Å². The second-order valence-electron chi connectivity index (χ2n) is 5.47. The molecule has 8 heteroatoms. The summed E-state index contributed by atoms with van der Waals surface area (Å²) in [5, 5.41) is 11.5. The molecule has 0 saturated heterocycles. The number of aromatic nitrogens is 2. The molecule has 1 amide bonds. The fourth-order valence-corrected chi connectivity index (χ4v) is 2.24. The van der Waals surface area contributed by atoms with Crippen LogP contribution in [0.3, 0.4) is 0 Å². The average Bonchev–Trinajstić information content (AvgIpc) is 2.60. The Bertz CT molecular complexity index is 969. The molecule has 0 bridgehead atoms. The second kappa shape index (κ2) is 7.57. The summed E-state index contributed by atoms with van der Waals surface area (Å²) < 4.78 is 15.4. The summed E-state index contributed by atoms with van der Waals surface area (Å²) >= 11 is 0. The summed E-state index contributed by atoms with van der Waals surface area (Å²) in [4.78, 5) is 36.3. The van der Waals surface area contributed by atoms with Gasteiger partial charge in [0, 0.05) is 19.3 Å². The lowest BCUT2D eigenvalue weighted by Crippen LogP contribution is -2.44. The molecule has 0 aliphatic rings. The highest BCUT2D eigenvalue weighted by molar-refractivity contribution is 5.75. The highest BCUT2D eigenvalue weighted by atomic mass is 19.1. The Hall–Kier alpha value is -3.21. The maximum absolute atomic E-state index is 13.5. The fraction of sp³-hybridized carbons (Fsp3) is 0.294. The lowest BCUT2D eigenvalue weighted by molar-refractivity contribution is -0.121. The van der Waals surface area contributed by atoms with Gasteiger partial charge in [-0.05, 0) is 31.0 Å². The van der Waals surface area contributed by atoms with Crippen molar-refractivity contribution in [3.8, 4) is 6.07 Å². The van der Waals surface area contributed by atoms with Crippen molar-refractivity contribution in [2.45, 2.75) is 33.5 Å². The third-order valence-corrected chi connectivity index (χ3v) is 3.73. The van der Waals surface area contributed by atoms with E-state index in [4.69, 9.17) is 5.26 Å². The molecule has 2 rings (SSSR count). The van der Waals surface area contributed by atoms with Crippen LogP contribution in [0.25, 0.3) is 0 Å². The quantitative estimate of drug-likeness (QED) is 0.862. The lowest BCUT2D eigenvalue weighted by Gasteiger charge is -2.10. The number of nitrogens with one attached hydrogen (secondary N) is 1. The highest BCUT2D eigenvalue weighted by Crippen LogP contribution is 2.08. The SMILES string of the molecule is CCn1cc(C#N)c(=O)n(CC(=O)NCc2ccc(C)c(F)c2)c1=O. The number of nitriles is 1. The summed E-state index contributed by atoms with van der Waals surface area (Å²) in [6, 6.07) is 6.29. The summed E-state index contributed by atoms with van der Waals surface area (Å²) in [7, 11) is 0. The third-order valence-electron chi connectivity index (χ3n) is 3.73. The van der Waals surface area contributed by atoms with Crippen LogP contribution < -0.4 is 16.6 Å². The van der Waals surface area contributed by atoms with Crippen molar-refractivity contribution in [2.75, 3.05) is 0 Å².